The van der Waals surface area contributed by atoms with Gasteiger partial charge in [-0.15, -0.1) is 15.0 Å². The van der Waals surface area contributed by atoms with Crippen LogP contribution < -0.4 is 5.32 Å². The average Bonchev–Trinajstić information content (AvgIpc) is 3.02. The van der Waals surface area contributed by atoms with Gasteiger partial charge in [-0.25, -0.2) is 4.79 Å². The number of fused-ring (bicyclic) bond motifs is 1. The van der Waals surface area contributed by atoms with Crippen molar-refractivity contribution in [3.05, 3.63) is 45.0 Å². The normalized spacial score (nSPS) is 10.7. The number of anilines is 1. The van der Waals surface area contributed by atoms with Crippen molar-refractivity contribution in [3.8, 4) is 11.4 Å². The first-order chi connectivity index (χ1) is 12.7. The minimum absolute atomic E-state index is 0.0179. The van der Waals surface area contributed by atoms with Gasteiger partial charge in [-0.1, -0.05) is 11.6 Å². The number of amides is 1. The van der Waals surface area contributed by atoms with Crippen LogP contribution in [0.3, 0.4) is 0 Å². The van der Waals surface area contributed by atoms with Crippen LogP contribution in [0.4, 0.5) is 11.4 Å². The molecule has 12 heteroatoms. The first kappa shape index (κ1) is 18.1. The fraction of sp³-hybridized carbons (Fsp3) is 0.0667. The van der Waals surface area contributed by atoms with E-state index in [9.17, 15) is 29.9 Å². The fourth-order valence-corrected chi connectivity index (χ4v) is 2.61. The number of nitrogens with one attached hydrogen (secondary N) is 1. The molecule has 27 heavy (non-hydrogen) atoms. The van der Waals surface area contributed by atoms with E-state index in [1.165, 1.54) is 6.92 Å². The summed E-state index contributed by atoms with van der Waals surface area (Å²) in [5.41, 5.74) is -0.932. The highest BCUT2D eigenvalue weighted by atomic mass is 35.5. The van der Waals surface area contributed by atoms with Gasteiger partial charge < -0.3 is 15.5 Å². The van der Waals surface area contributed by atoms with E-state index in [0.717, 1.165) is 29.1 Å². The molecule has 0 saturated heterocycles. The number of benzene rings is 2. The number of carboxylic acid groups (broad SMARTS) is 1. The summed E-state index contributed by atoms with van der Waals surface area (Å²) in [4.78, 5) is 34.0. The largest absolute Gasteiger partial charge is 0.506 e. The number of nitrogens with zero attached hydrogens (tertiary/aromatic N) is 4. The third kappa shape index (κ3) is 3.22. The van der Waals surface area contributed by atoms with Crippen molar-refractivity contribution >= 4 is 45.9 Å². The third-order valence-electron chi connectivity index (χ3n) is 3.53. The van der Waals surface area contributed by atoms with Crippen molar-refractivity contribution in [1.82, 2.24) is 15.0 Å². The summed E-state index contributed by atoms with van der Waals surface area (Å²) in [6, 6.07) is 4.33. The Morgan fingerprint density at radius 3 is 2.52 bits per heavy atom. The van der Waals surface area contributed by atoms with Crippen molar-refractivity contribution in [3.63, 3.8) is 0 Å². The summed E-state index contributed by atoms with van der Waals surface area (Å²) in [5.74, 6) is -2.19. The number of aromatic carboxylic acids is 1. The zero-order valence-electron chi connectivity index (χ0n) is 13.5. The molecule has 11 nitrogen and oxygen atoms in total. The summed E-state index contributed by atoms with van der Waals surface area (Å²) in [5, 5.41) is 40.7. The van der Waals surface area contributed by atoms with Crippen LogP contribution in [0.15, 0.2) is 24.3 Å². The summed E-state index contributed by atoms with van der Waals surface area (Å²) in [6.07, 6.45) is 0. The smallest absolute Gasteiger partial charge is 0.338 e. The van der Waals surface area contributed by atoms with E-state index in [2.05, 4.69) is 15.5 Å². The molecule has 1 heterocycles. The Labute approximate surface area is 154 Å². The summed E-state index contributed by atoms with van der Waals surface area (Å²) in [6.45, 7) is 1.22. The zero-order valence-corrected chi connectivity index (χ0v) is 14.3. The van der Waals surface area contributed by atoms with Crippen molar-refractivity contribution < 1.29 is 24.7 Å². The molecule has 0 fully saturated rings. The number of hydrogen-bond donors (Lipinski definition) is 3. The number of aromatic nitrogens is 3. The number of carbonyl (C=O) groups is 2. The van der Waals surface area contributed by atoms with Crippen LogP contribution in [0, 0.1) is 10.1 Å². The molecule has 0 atom stereocenters. The second-order valence-corrected chi connectivity index (χ2v) is 5.77. The van der Waals surface area contributed by atoms with Crippen LogP contribution in [0.5, 0.6) is 5.75 Å². The van der Waals surface area contributed by atoms with Gasteiger partial charge in [-0.3, -0.25) is 14.9 Å². The van der Waals surface area contributed by atoms with E-state index in [0.29, 0.717) is 0 Å². The van der Waals surface area contributed by atoms with Gasteiger partial charge in [-0.2, -0.15) is 0 Å². The van der Waals surface area contributed by atoms with Crippen LogP contribution >= 0.6 is 11.6 Å². The number of phenols is 1. The van der Waals surface area contributed by atoms with Crippen LogP contribution in [-0.2, 0) is 4.79 Å². The van der Waals surface area contributed by atoms with Gasteiger partial charge in [0.2, 0.25) is 5.91 Å². The second kappa shape index (κ2) is 6.53. The molecule has 0 aliphatic heterocycles. The Kier molecular flexibility index (Phi) is 4.37. The number of rotatable bonds is 4. The number of non-ortho nitro benzene ring substituents is 1. The SMILES string of the molecule is CC(=O)Nc1cc(C(=O)O)c2nn(-c3cc([N+](=O)[O-])ccc3O)nc2c1Cl. The molecule has 0 spiro atoms. The second-order valence-electron chi connectivity index (χ2n) is 5.39. The number of nitro groups is 1. The van der Waals surface area contributed by atoms with Crippen LogP contribution in [0.2, 0.25) is 5.02 Å². The Morgan fingerprint density at radius 2 is 1.93 bits per heavy atom. The van der Waals surface area contributed by atoms with Crippen molar-refractivity contribution in [1.29, 1.82) is 0 Å². The lowest BCUT2D eigenvalue weighted by molar-refractivity contribution is -0.384. The van der Waals surface area contributed by atoms with Gasteiger partial charge in [0, 0.05) is 19.1 Å². The van der Waals surface area contributed by atoms with Crippen molar-refractivity contribution in [2.45, 2.75) is 6.92 Å². The highest BCUT2D eigenvalue weighted by Gasteiger charge is 2.22. The molecule has 3 rings (SSSR count). The molecule has 0 bridgehead atoms. The molecule has 0 aliphatic rings. The maximum absolute atomic E-state index is 11.5. The van der Waals surface area contributed by atoms with Crippen molar-refractivity contribution in [2.75, 3.05) is 5.32 Å². The number of nitro benzene ring substituents is 1. The number of carboxylic acids is 1. The fourth-order valence-electron chi connectivity index (χ4n) is 2.38. The zero-order chi connectivity index (χ0) is 19.9. The number of aromatic hydroxyl groups is 1. The van der Waals surface area contributed by atoms with E-state index in [4.69, 9.17) is 11.6 Å². The average molecular weight is 392 g/mol. The minimum atomic E-state index is -1.35. The van der Waals surface area contributed by atoms with Gasteiger partial charge in [0.05, 0.1) is 21.2 Å². The summed E-state index contributed by atoms with van der Waals surface area (Å²) in [7, 11) is 0. The lowest BCUT2D eigenvalue weighted by Crippen LogP contribution is -2.08. The molecular formula is C15H10ClN5O6. The standard InChI is InChI=1S/C15H10ClN5O6/c1-6(22)17-9-5-8(15(24)25)13-14(12(9)16)19-20(18-13)10-4-7(21(26)27)2-3-11(10)23/h2-5,23H,1H3,(H,17,22)(H,24,25). The van der Waals surface area contributed by atoms with Crippen LogP contribution in [0.1, 0.15) is 17.3 Å². The monoisotopic (exact) mass is 391 g/mol. The van der Waals surface area contributed by atoms with E-state index in [-0.39, 0.29) is 44.4 Å². The van der Waals surface area contributed by atoms with Gasteiger partial charge >= 0.3 is 5.97 Å². The minimum Gasteiger partial charge on any atom is -0.506 e. The lowest BCUT2D eigenvalue weighted by atomic mass is 10.1. The molecule has 2 aromatic carbocycles. The van der Waals surface area contributed by atoms with E-state index in [1.54, 1.807) is 0 Å². The molecule has 1 aromatic heterocycles. The molecule has 1 amide bonds. The predicted octanol–water partition coefficient (Wildman–Crippen LogP) is 2.34. The van der Waals surface area contributed by atoms with Crippen molar-refractivity contribution in [2.24, 2.45) is 0 Å². The van der Waals surface area contributed by atoms with E-state index >= 15 is 0 Å². The maximum atomic E-state index is 11.5. The van der Waals surface area contributed by atoms with Gasteiger partial charge in [0.15, 0.2) is 0 Å². The molecule has 3 aromatic rings. The van der Waals surface area contributed by atoms with Gasteiger partial charge in [-0.05, 0) is 12.1 Å². The number of carbonyl (C=O) groups excluding carboxylic acids is 1. The van der Waals surface area contributed by atoms with Crippen LogP contribution in [-0.4, -0.2) is 42.0 Å². The van der Waals surface area contributed by atoms with E-state index < -0.39 is 16.8 Å². The quantitative estimate of drug-likeness (QED) is 0.451. The first-order valence-electron chi connectivity index (χ1n) is 7.27. The maximum Gasteiger partial charge on any atom is 0.338 e. The highest BCUT2D eigenvalue weighted by molar-refractivity contribution is 6.38. The molecule has 0 unspecified atom stereocenters. The lowest BCUT2D eigenvalue weighted by Gasteiger charge is -2.06. The topological polar surface area (TPSA) is 160 Å². The molecule has 0 aliphatic carbocycles. The van der Waals surface area contributed by atoms with Gasteiger partial charge in [0.25, 0.3) is 5.69 Å². The number of halogens is 1. The summed E-state index contributed by atoms with van der Waals surface area (Å²) >= 11 is 6.19. The van der Waals surface area contributed by atoms with Gasteiger partial charge in [0.1, 0.15) is 22.5 Å². The molecule has 3 N–H and O–H groups in total. The Morgan fingerprint density at radius 1 is 1.26 bits per heavy atom. The molecule has 0 saturated carbocycles. The number of phenolic OH excluding ortho intramolecular Hbond substituents is 1. The predicted molar refractivity (Wildman–Crippen MR) is 93.5 cm³/mol. The molecular weight excluding hydrogens is 382 g/mol. The molecule has 0 radical (unpaired) electrons. The Bertz CT molecular complexity index is 1130. The Hall–Kier alpha value is -3.73. The van der Waals surface area contributed by atoms with Crippen LogP contribution in [0.25, 0.3) is 16.7 Å². The summed E-state index contributed by atoms with van der Waals surface area (Å²) < 4.78 is 0. The third-order valence-corrected chi connectivity index (χ3v) is 3.91. The van der Waals surface area contributed by atoms with E-state index in [1.807, 2.05) is 0 Å². The molecule has 138 valence electrons. The highest BCUT2D eigenvalue weighted by Crippen LogP contribution is 2.34. The Balaban J connectivity index is 2.29. The first-order valence-corrected chi connectivity index (χ1v) is 7.65. The number of hydrogen-bond acceptors (Lipinski definition) is 7.